The number of aromatic nitrogens is 1. The van der Waals surface area contributed by atoms with Crippen LogP contribution in [0.15, 0.2) is 5.38 Å². The summed E-state index contributed by atoms with van der Waals surface area (Å²) >= 11 is 1.90. The van der Waals surface area contributed by atoms with Gasteiger partial charge in [-0.05, 0) is 45.1 Å². The highest BCUT2D eigenvalue weighted by atomic mass is 32.1. The van der Waals surface area contributed by atoms with Crippen molar-refractivity contribution in [1.82, 2.24) is 9.88 Å². The van der Waals surface area contributed by atoms with Crippen molar-refractivity contribution in [1.29, 1.82) is 0 Å². The van der Waals surface area contributed by atoms with Gasteiger partial charge in [-0.2, -0.15) is 0 Å². The Morgan fingerprint density at radius 1 is 1.39 bits per heavy atom. The van der Waals surface area contributed by atoms with Crippen LogP contribution in [0, 0.1) is 0 Å². The molecule has 2 fully saturated rings. The van der Waals surface area contributed by atoms with Crippen LogP contribution in [0.1, 0.15) is 68.5 Å². The monoisotopic (exact) mass is 264 g/mol. The first-order valence-corrected chi connectivity index (χ1v) is 8.24. The Morgan fingerprint density at radius 2 is 2.06 bits per heavy atom. The van der Waals surface area contributed by atoms with E-state index in [1.807, 2.05) is 11.3 Å². The lowest BCUT2D eigenvalue weighted by molar-refractivity contribution is 0.161. The second-order valence-electron chi connectivity index (χ2n) is 6.14. The summed E-state index contributed by atoms with van der Waals surface area (Å²) in [5.74, 6) is 1.36. The summed E-state index contributed by atoms with van der Waals surface area (Å²) < 4.78 is 0. The minimum Gasteiger partial charge on any atom is -0.300 e. The summed E-state index contributed by atoms with van der Waals surface area (Å²) in [6.07, 6.45) is 6.67. The average molecular weight is 264 g/mol. The van der Waals surface area contributed by atoms with Gasteiger partial charge < -0.3 is 4.90 Å². The first-order chi connectivity index (χ1) is 8.69. The Labute approximate surface area is 114 Å². The van der Waals surface area contributed by atoms with E-state index in [9.17, 15) is 0 Å². The van der Waals surface area contributed by atoms with Crippen molar-refractivity contribution in [3.63, 3.8) is 0 Å². The van der Waals surface area contributed by atoms with Gasteiger partial charge in [0.1, 0.15) is 0 Å². The third-order valence-electron chi connectivity index (χ3n) is 5.10. The first-order valence-electron chi connectivity index (χ1n) is 7.36. The van der Waals surface area contributed by atoms with E-state index >= 15 is 0 Å². The van der Waals surface area contributed by atoms with E-state index in [0.29, 0.717) is 5.92 Å². The molecule has 0 aromatic carbocycles. The molecule has 0 amide bonds. The van der Waals surface area contributed by atoms with Gasteiger partial charge in [0.15, 0.2) is 0 Å². The van der Waals surface area contributed by atoms with Gasteiger partial charge in [-0.1, -0.05) is 13.8 Å². The number of hydrogen-bond acceptors (Lipinski definition) is 3. The van der Waals surface area contributed by atoms with Crippen LogP contribution >= 0.6 is 11.3 Å². The summed E-state index contributed by atoms with van der Waals surface area (Å²) in [5, 5.41) is 3.71. The number of nitrogens with zero attached hydrogens (tertiary/aromatic N) is 2. The molecule has 2 saturated heterocycles. The molecule has 1 aromatic rings. The molecule has 0 aliphatic carbocycles. The minimum atomic E-state index is 0.623. The normalized spacial score (nSPS) is 33.8. The third kappa shape index (κ3) is 2.12. The minimum absolute atomic E-state index is 0.623. The molecule has 3 unspecified atom stereocenters. The molecule has 3 rings (SSSR count). The van der Waals surface area contributed by atoms with Gasteiger partial charge in [0.2, 0.25) is 0 Å². The van der Waals surface area contributed by atoms with Gasteiger partial charge in [0, 0.05) is 23.4 Å². The molecular formula is C15H24N2S. The van der Waals surface area contributed by atoms with Crippen molar-refractivity contribution in [2.45, 2.75) is 69.9 Å². The van der Waals surface area contributed by atoms with Gasteiger partial charge in [0.05, 0.1) is 10.7 Å². The van der Waals surface area contributed by atoms with Crippen molar-refractivity contribution >= 4 is 11.3 Å². The zero-order valence-electron chi connectivity index (χ0n) is 11.7. The van der Waals surface area contributed by atoms with E-state index in [1.165, 1.54) is 42.8 Å². The third-order valence-corrected chi connectivity index (χ3v) is 6.13. The molecule has 0 N–H and O–H groups in total. The van der Waals surface area contributed by atoms with Crippen LogP contribution in [0.2, 0.25) is 0 Å². The molecule has 0 saturated carbocycles. The highest BCUT2D eigenvalue weighted by Gasteiger charge is 2.39. The predicted molar refractivity (Wildman–Crippen MR) is 77.4 cm³/mol. The first kappa shape index (κ1) is 12.6. The quantitative estimate of drug-likeness (QED) is 0.820. The molecule has 2 bridgehead atoms. The van der Waals surface area contributed by atoms with E-state index in [-0.39, 0.29) is 0 Å². The van der Waals surface area contributed by atoms with Crippen molar-refractivity contribution in [2.24, 2.45) is 0 Å². The predicted octanol–water partition coefficient (Wildman–Crippen LogP) is 4.00. The standard InChI is InChI=1S/C15H24N2S/c1-4-10(2)14-9-18-15(16-14)11-7-12-5-6-13(8-11)17(12)3/h9-13H,4-8H2,1-3H3. The number of hydrogen-bond donors (Lipinski definition) is 0. The molecule has 2 aliphatic rings. The van der Waals surface area contributed by atoms with Crippen LogP contribution in [0.25, 0.3) is 0 Å². The van der Waals surface area contributed by atoms with Crippen LogP contribution in [-0.4, -0.2) is 29.0 Å². The maximum Gasteiger partial charge on any atom is 0.0960 e. The summed E-state index contributed by atoms with van der Waals surface area (Å²) in [6.45, 7) is 4.54. The van der Waals surface area contributed by atoms with E-state index in [4.69, 9.17) is 4.98 Å². The molecule has 2 nitrogen and oxygen atoms in total. The van der Waals surface area contributed by atoms with Gasteiger partial charge >= 0.3 is 0 Å². The molecule has 3 heteroatoms. The zero-order chi connectivity index (χ0) is 12.7. The molecular weight excluding hydrogens is 240 g/mol. The summed E-state index contributed by atoms with van der Waals surface area (Å²) in [6, 6.07) is 1.65. The summed E-state index contributed by atoms with van der Waals surface area (Å²) in [7, 11) is 2.31. The Bertz CT molecular complexity index is 400. The number of thiazole rings is 1. The van der Waals surface area contributed by atoms with Gasteiger partial charge in [-0.3, -0.25) is 0 Å². The maximum absolute atomic E-state index is 4.93. The van der Waals surface area contributed by atoms with Gasteiger partial charge in [0.25, 0.3) is 0 Å². The van der Waals surface area contributed by atoms with Crippen molar-refractivity contribution in [3.8, 4) is 0 Å². The highest BCUT2D eigenvalue weighted by molar-refractivity contribution is 7.09. The van der Waals surface area contributed by atoms with E-state index in [2.05, 4.69) is 31.2 Å². The maximum atomic E-state index is 4.93. The number of fused-ring (bicyclic) bond motifs is 2. The number of rotatable bonds is 3. The molecule has 0 radical (unpaired) electrons. The van der Waals surface area contributed by atoms with Crippen LogP contribution < -0.4 is 0 Å². The fraction of sp³-hybridized carbons (Fsp3) is 0.800. The average Bonchev–Trinajstić information content (AvgIpc) is 2.92. The zero-order valence-corrected chi connectivity index (χ0v) is 12.5. The van der Waals surface area contributed by atoms with Crippen LogP contribution in [0.4, 0.5) is 0 Å². The molecule has 0 spiro atoms. The lowest BCUT2D eigenvalue weighted by atomic mass is 9.91. The lowest BCUT2D eigenvalue weighted by Crippen LogP contribution is -2.39. The van der Waals surface area contributed by atoms with E-state index < -0.39 is 0 Å². The number of piperidine rings is 1. The SMILES string of the molecule is CCC(C)c1csc(C2CC3CCC(C2)N3C)n1. The van der Waals surface area contributed by atoms with E-state index in [0.717, 1.165) is 18.0 Å². The Morgan fingerprint density at radius 3 is 2.67 bits per heavy atom. The van der Waals surface area contributed by atoms with Crippen molar-refractivity contribution < 1.29 is 0 Å². The Balaban J connectivity index is 1.74. The molecule has 3 heterocycles. The largest absolute Gasteiger partial charge is 0.300 e. The lowest BCUT2D eigenvalue weighted by Gasteiger charge is -2.35. The van der Waals surface area contributed by atoms with Crippen molar-refractivity contribution in [2.75, 3.05) is 7.05 Å². The summed E-state index contributed by atoms with van der Waals surface area (Å²) in [5.41, 5.74) is 1.32. The van der Waals surface area contributed by atoms with Crippen LogP contribution in [-0.2, 0) is 0 Å². The molecule has 1 aromatic heterocycles. The topological polar surface area (TPSA) is 16.1 Å². The fourth-order valence-electron chi connectivity index (χ4n) is 3.54. The molecule has 18 heavy (non-hydrogen) atoms. The van der Waals surface area contributed by atoms with Crippen LogP contribution in [0.5, 0.6) is 0 Å². The highest BCUT2D eigenvalue weighted by Crippen LogP contribution is 2.43. The van der Waals surface area contributed by atoms with Crippen molar-refractivity contribution in [3.05, 3.63) is 16.1 Å². The fourth-order valence-corrected chi connectivity index (χ4v) is 4.61. The second kappa shape index (κ2) is 4.93. The second-order valence-corrected chi connectivity index (χ2v) is 7.03. The Hall–Kier alpha value is -0.410. The smallest absolute Gasteiger partial charge is 0.0960 e. The Kier molecular flexibility index (Phi) is 3.46. The molecule has 3 atom stereocenters. The van der Waals surface area contributed by atoms with Gasteiger partial charge in [-0.25, -0.2) is 4.98 Å². The summed E-state index contributed by atoms with van der Waals surface area (Å²) in [4.78, 5) is 7.54. The molecule has 2 aliphatic heterocycles. The van der Waals surface area contributed by atoms with Gasteiger partial charge in [-0.15, -0.1) is 11.3 Å². The van der Waals surface area contributed by atoms with E-state index in [1.54, 1.807) is 0 Å². The molecule has 100 valence electrons. The van der Waals surface area contributed by atoms with Crippen LogP contribution in [0.3, 0.4) is 0 Å².